The van der Waals surface area contributed by atoms with Crippen molar-refractivity contribution in [2.75, 3.05) is 6.61 Å². The zero-order valence-electron chi connectivity index (χ0n) is 18.0. The minimum absolute atomic E-state index is 0.0655. The smallest absolute Gasteiger partial charge is 0.261 e. The summed E-state index contributed by atoms with van der Waals surface area (Å²) in [5, 5.41) is 3.16. The summed E-state index contributed by atoms with van der Waals surface area (Å²) in [5.74, 6) is 0.407. The zero-order chi connectivity index (χ0) is 21.3. The molecule has 2 aromatic rings. The minimum Gasteiger partial charge on any atom is -0.484 e. The number of ether oxygens (including phenoxy) is 1. The molecule has 1 saturated carbocycles. The van der Waals surface area contributed by atoms with Gasteiger partial charge in [-0.3, -0.25) is 9.59 Å². The molecule has 0 radical (unpaired) electrons. The molecule has 0 aromatic heterocycles. The molecule has 160 valence electrons. The van der Waals surface area contributed by atoms with Crippen molar-refractivity contribution in [2.24, 2.45) is 0 Å². The van der Waals surface area contributed by atoms with Crippen LogP contribution in [0.15, 0.2) is 54.6 Å². The number of aryl methyl sites for hydroxylation is 1. The Morgan fingerprint density at radius 2 is 1.83 bits per heavy atom. The molecule has 2 amide bonds. The highest BCUT2D eigenvalue weighted by atomic mass is 16.5. The first-order valence-electron chi connectivity index (χ1n) is 10.9. The molecule has 0 bridgehead atoms. The Balaban J connectivity index is 1.73. The molecule has 5 nitrogen and oxygen atoms in total. The summed E-state index contributed by atoms with van der Waals surface area (Å²) in [6.45, 7) is 4.22. The normalized spacial score (nSPS) is 14.9. The van der Waals surface area contributed by atoms with Crippen molar-refractivity contribution in [1.82, 2.24) is 10.2 Å². The maximum atomic E-state index is 13.2. The molecule has 0 saturated heterocycles. The largest absolute Gasteiger partial charge is 0.484 e. The zero-order valence-corrected chi connectivity index (χ0v) is 18.0. The lowest BCUT2D eigenvalue weighted by Gasteiger charge is -2.31. The summed E-state index contributed by atoms with van der Waals surface area (Å²) in [5.41, 5.74) is 2.07. The first-order chi connectivity index (χ1) is 14.6. The van der Waals surface area contributed by atoms with Crippen LogP contribution in [0.3, 0.4) is 0 Å². The van der Waals surface area contributed by atoms with Gasteiger partial charge in [-0.1, -0.05) is 62.2 Å². The van der Waals surface area contributed by atoms with Crippen molar-refractivity contribution in [2.45, 2.75) is 64.6 Å². The first kappa shape index (κ1) is 21.9. The van der Waals surface area contributed by atoms with Gasteiger partial charge in [0.2, 0.25) is 5.91 Å². The summed E-state index contributed by atoms with van der Waals surface area (Å²) in [6.07, 6.45) is 4.90. The molecular weight excluding hydrogens is 376 g/mol. The van der Waals surface area contributed by atoms with Gasteiger partial charge in [-0.2, -0.15) is 0 Å². The number of amides is 2. The molecule has 3 rings (SSSR count). The van der Waals surface area contributed by atoms with E-state index in [1.54, 1.807) is 4.90 Å². The van der Waals surface area contributed by atoms with Gasteiger partial charge in [0.1, 0.15) is 11.8 Å². The van der Waals surface area contributed by atoms with E-state index >= 15 is 0 Å². The van der Waals surface area contributed by atoms with Crippen LogP contribution >= 0.6 is 0 Å². The van der Waals surface area contributed by atoms with E-state index in [0.29, 0.717) is 18.7 Å². The number of benzene rings is 2. The standard InChI is InChI=1S/C25H32N2O3/c1-3-23(25(29)26-21-13-7-8-14-21)27(17-20-11-5-4-6-12-20)24(28)18-30-22-15-9-10-19(2)16-22/h4-6,9-12,15-16,21,23H,3,7-8,13-14,17-18H2,1-2H3,(H,26,29). The molecule has 0 heterocycles. The third kappa shape index (κ3) is 6.09. The summed E-state index contributed by atoms with van der Waals surface area (Å²) in [6, 6.07) is 17.1. The van der Waals surface area contributed by atoms with Crippen LogP contribution in [0.2, 0.25) is 0 Å². The van der Waals surface area contributed by atoms with E-state index in [9.17, 15) is 9.59 Å². The molecule has 1 aliphatic rings. The Morgan fingerprint density at radius 3 is 2.50 bits per heavy atom. The van der Waals surface area contributed by atoms with Crippen LogP contribution in [-0.2, 0) is 16.1 Å². The van der Waals surface area contributed by atoms with Crippen molar-refractivity contribution in [3.8, 4) is 5.75 Å². The molecule has 0 aliphatic heterocycles. The van der Waals surface area contributed by atoms with Gasteiger partial charge in [0.05, 0.1) is 0 Å². The number of carbonyl (C=O) groups excluding carboxylic acids is 2. The number of hydrogen-bond acceptors (Lipinski definition) is 3. The minimum atomic E-state index is -0.514. The van der Waals surface area contributed by atoms with E-state index in [1.807, 2.05) is 68.4 Å². The lowest BCUT2D eigenvalue weighted by atomic mass is 10.1. The molecule has 2 aromatic carbocycles. The maximum absolute atomic E-state index is 13.2. The Morgan fingerprint density at radius 1 is 1.10 bits per heavy atom. The lowest BCUT2D eigenvalue weighted by molar-refractivity contribution is -0.143. The second-order valence-electron chi connectivity index (χ2n) is 8.03. The maximum Gasteiger partial charge on any atom is 0.261 e. The molecule has 0 spiro atoms. The average molecular weight is 409 g/mol. The summed E-state index contributed by atoms with van der Waals surface area (Å²) in [4.78, 5) is 27.9. The van der Waals surface area contributed by atoms with Crippen LogP contribution < -0.4 is 10.1 Å². The molecule has 1 atom stereocenters. The van der Waals surface area contributed by atoms with E-state index in [2.05, 4.69) is 5.32 Å². The third-order valence-corrected chi connectivity index (χ3v) is 5.64. The number of nitrogens with one attached hydrogen (secondary N) is 1. The monoisotopic (exact) mass is 408 g/mol. The van der Waals surface area contributed by atoms with Crippen LogP contribution in [0, 0.1) is 6.92 Å². The first-order valence-corrected chi connectivity index (χ1v) is 10.9. The van der Waals surface area contributed by atoms with Crippen molar-refractivity contribution >= 4 is 11.8 Å². The molecule has 1 fully saturated rings. The van der Waals surface area contributed by atoms with E-state index in [1.165, 1.54) is 0 Å². The number of nitrogens with zero attached hydrogens (tertiary/aromatic N) is 1. The van der Waals surface area contributed by atoms with E-state index in [0.717, 1.165) is 36.8 Å². The average Bonchev–Trinajstić information content (AvgIpc) is 3.25. The lowest BCUT2D eigenvalue weighted by Crippen LogP contribution is -2.52. The fourth-order valence-electron chi connectivity index (χ4n) is 4.00. The van der Waals surface area contributed by atoms with Gasteiger partial charge in [0.15, 0.2) is 6.61 Å². The SMILES string of the molecule is CCC(C(=O)NC1CCCC1)N(Cc1ccccc1)C(=O)COc1cccc(C)c1. The van der Waals surface area contributed by atoms with Gasteiger partial charge >= 0.3 is 0 Å². The van der Waals surface area contributed by atoms with Crippen molar-refractivity contribution < 1.29 is 14.3 Å². The van der Waals surface area contributed by atoms with E-state index < -0.39 is 6.04 Å². The summed E-state index contributed by atoms with van der Waals surface area (Å²) >= 11 is 0. The summed E-state index contributed by atoms with van der Waals surface area (Å²) < 4.78 is 5.75. The van der Waals surface area contributed by atoms with Crippen LogP contribution in [-0.4, -0.2) is 35.4 Å². The van der Waals surface area contributed by atoms with Crippen molar-refractivity contribution in [3.63, 3.8) is 0 Å². The summed E-state index contributed by atoms with van der Waals surface area (Å²) in [7, 11) is 0. The van der Waals surface area contributed by atoms with Gasteiger partial charge in [0.25, 0.3) is 5.91 Å². The van der Waals surface area contributed by atoms with Crippen LogP contribution in [0.4, 0.5) is 0 Å². The Kier molecular flexibility index (Phi) is 7.89. The molecule has 1 aliphatic carbocycles. The number of rotatable bonds is 9. The van der Waals surface area contributed by atoms with Crippen LogP contribution in [0.25, 0.3) is 0 Å². The van der Waals surface area contributed by atoms with Gasteiger partial charge in [-0.25, -0.2) is 0 Å². The molecule has 5 heteroatoms. The second kappa shape index (κ2) is 10.8. The van der Waals surface area contributed by atoms with Crippen LogP contribution in [0.1, 0.15) is 50.2 Å². The van der Waals surface area contributed by atoms with E-state index in [4.69, 9.17) is 4.74 Å². The van der Waals surface area contributed by atoms with E-state index in [-0.39, 0.29) is 24.5 Å². The van der Waals surface area contributed by atoms with Crippen molar-refractivity contribution in [3.05, 3.63) is 65.7 Å². The Hall–Kier alpha value is -2.82. The Bertz CT molecular complexity index is 831. The van der Waals surface area contributed by atoms with Crippen LogP contribution in [0.5, 0.6) is 5.75 Å². The fourth-order valence-corrected chi connectivity index (χ4v) is 4.00. The molecule has 30 heavy (non-hydrogen) atoms. The third-order valence-electron chi connectivity index (χ3n) is 5.64. The van der Waals surface area contributed by atoms with Gasteiger partial charge in [0, 0.05) is 12.6 Å². The molecule has 1 unspecified atom stereocenters. The highest BCUT2D eigenvalue weighted by Gasteiger charge is 2.30. The number of hydrogen-bond donors (Lipinski definition) is 1. The van der Waals surface area contributed by atoms with Gasteiger partial charge in [-0.05, 0) is 49.4 Å². The molecular formula is C25H32N2O3. The predicted molar refractivity (Wildman–Crippen MR) is 118 cm³/mol. The second-order valence-corrected chi connectivity index (χ2v) is 8.03. The topological polar surface area (TPSA) is 58.6 Å². The number of carbonyl (C=O) groups is 2. The van der Waals surface area contributed by atoms with Crippen molar-refractivity contribution in [1.29, 1.82) is 0 Å². The fraction of sp³-hybridized carbons (Fsp3) is 0.440. The highest BCUT2D eigenvalue weighted by molar-refractivity contribution is 5.88. The highest BCUT2D eigenvalue weighted by Crippen LogP contribution is 2.19. The predicted octanol–water partition coefficient (Wildman–Crippen LogP) is 4.24. The molecule has 1 N–H and O–H groups in total. The Labute approximate surface area is 179 Å². The van der Waals surface area contributed by atoms with Gasteiger partial charge < -0.3 is 15.0 Å². The quantitative estimate of drug-likeness (QED) is 0.675. The van der Waals surface area contributed by atoms with Gasteiger partial charge in [-0.15, -0.1) is 0 Å².